The van der Waals surface area contributed by atoms with Crippen molar-refractivity contribution >= 4 is 13.7 Å². The lowest BCUT2D eigenvalue weighted by atomic mass is 10.0. The van der Waals surface area contributed by atoms with E-state index in [9.17, 15) is 14.3 Å². The number of unbranched alkanes of at least 4 members (excludes halogenated alkanes) is 29. The van der Waals surface area contributed by atoms with E-state index in [1.54, 1.807) is 0 Å². The highest BCUT2D eigenvalue weighted by Gasteiger charge is 2.28. The number of hydrogen-bond acceptors (Lipinski definition) is 5. The third kappa shape index (κ3) is 42.5. The number of phosphoric acid groups is 1. The fourth-order valence-corrected chi connectivity index (χ4v) is 7.60. The van der Waals surface area contributed by atoms with E-state index in [1.807, 2.05) is 21.1 Å². The smallest absolute Gasteiger partial charge is 0.379 e. The Bertz CT molecular complexity index is 824. The van der Waals surface area contributed by atoms with Crippen LogP contribution in [-0.2, 0) is 23.1 Å². The molecule has 0 fully saturated rings. The van der Waals surface area contributed by atoms with E-state index in [4.69, 9.17) is 13.8 Å². The number of rotatable bonds is 43. The van der Waals surface area contributed by atoms with Crippen LogP contribution in [0.2, 0.25) is 0 Å². The van der Waals surface area contributed by atoms with Crippen LogP contribution in [0.1, 0.15) is 219 Å². The van der Waals surface area contributed by atoms with Crippen molar-refractivity contribution in [3.63, 3.8) is 0 Å². The van der Waals surface area contributed by atoms with Gasteiger partial charge in [0.1, 0.15) is 19.3 Å². The number of nitrogens with one attached hydrogen (secondary N) is 1. The van der Waals surface area contributed by atoms with Gasteiger partial charge in [0.25, 0.3) is 0 Å². The van der Waals surface area contributed by atoms with Crippen molar-refractivity contribution in [1.29, 1.82) is 0 Å². The standard InChI is InChI=1S/C44H91N2O6P/c1-6-8-10-12-14-16-18-20-21-22-23-24-26-28-30-32-34-36-39-50-42-43(52-53(48,49)51-40-38-46(3,4)5)41-45-44(47)37-35-33-31-29-27-25-19-17-15-13-11-9-7-2/h43H,6-42H2,1-5H3,(H-,45,47,48,49)/p+1. The second-order valence-electron chi connectivity index (χ2n) is 16.9. The van der Waals surface area contributed by atoms with Gasteiger partial charge in [0.15, 0.2) is 0 Å². The molecule has 0 heterocycles. The fraction of sp³-hybridized carbons (Fsp3) is 0.977. The zero-order chi connectivity index (χ0) is 39.1. The van der Waals surface area contributed by atoms with Crippen LogP contribution in [0.4, 0.5) is 0 Å². The van der Waals surface area contributed by atoms with Gasteiger partial charge in [0.2, 0.25) is 5.91 Å². The Morgan fingerprint density at radius 1 is 0.566 bits per heavy atom. The minimum Gasteiger partial charge on any atom is -0.379 e. The molecular formula is C44H92N2O6P+. The molecule has 9 heteroatoms. The van der Waals surface area contributed by atoms with Crippen molar-refractivity contribution in [2.45, 2.75) is 225 Å². The summed E-state index contributed by atoms with van der Waals surface area (Å²) >= 11 is 0. The van der Waals surface area contributed by atoms with Crippen molar-refractivity contribution in [1.82, 2.24) is 5.32 Å². The molecule has 0 radical (unpaired) electrons. The Morgan fingerprint density at radius 2 is 0.925 bits per heavy atom. The van der Waals surface area contributed by atoms with E-state index in [1.165, 1.54) is 173 Å². The molecule has 0 saturated carbocycles. The lowest BCUT2D eigenvalue weighted by Crippen LogP contribution is -2.38. The quantitative estimate of drug-likeness (QED) is 0.0364. The Morgan fingerprint density at radius 3 is 1.30 bits per heavy atom. The first-order valence-electron chi connectivity index (χ1n) is 22.9. The number of carbonyl (C=O) groups excluding carboxylic acids is 1. The first-order chi connectivity index (χ1) is 25.6. The molecule has 1 amide bonds. The van der Waals surface area contributed by atoms with Gasteiger partial charge in [0, 0.05) is 19.6 Å². The molecule has 8 nitrogen and oxygen atoms in total. The van der Waals surface area contributed by atoms with Crippen molar-refractivity contribution in [2.24, 2.45) is 0 Å². The van der Waals surface area contributed by atoms with Crippen LogP contribution in [-0.4, -0.2) is 75.4 Å². The molecule has 0 aliphatic rings. The minimum atomic E-state index is -4.28. The molecule has 0 bridgehead atoms. The van der Waals surface area contributed by atoms with Gasteiger partial charge >= 0.3 is 7.82 Å². The number of likely N-dealkylation sites (N-methyl/N-ethyl adjacent to an activating group) is 1. The predicted octanol–water partition coefficient (Wildman–Crippen LogP) is 12.9. The largest absolute Gasteiger partial charge is 0.472 e. The fourth-order valence-electron chi connectivity index (χ4n) is 6.72. The van der Waals surface area contributed by atoms with Gasteiger partial charge in [-0.2, -0.15) is 0 Å². The Hall–Kier alpha value is -0.500. The highest BCUT2D eigenvalue weighted by atomic mass is 31.2. The topological polar surface area (TPSA) is 94.1 Å². The number of hydrogen-bond donors (Lipinski definition) is 2. The van der Waals surface area contributed by atoms with Gasteiger partial charge in [-0.15, -0.1) is 0 Å². The van der Waals surface area contributed by atoms with Crippen LogP contribution in [0.25, 0.3) is 0 Å². The van der Waals surface area contributed by atoms with Gasteiger partial charge in [0.05, 0.1) is 27.7 Å². The predicted molar refractivity (Wildman–Crippen MR) is 226 cm³/mol. The summed E-state index contributed by atoms with van der Waals surface area (Å²) in [7, 11) is 1.70. The van der Waals surface area contributed by atoms with E-state index < -0.39 is 13.9 Å². The molecular weight excluding hydrogens is 683 g/mol. The molecule has 2 unspecified atom stereocenters. The number of quaternary nitrogens is 1. The van der Waals surface area contributed by atoms with Crippen LogP contribution >= 0.6 is 7.82 Å². The minimum absolute atomic E-state index is 0.0520. The van der Waals surface area contributed by atoms with E-state index in [0.717, 1.165) is 25.7 Å². The van der Waals surface area contributed by atoms with Crippen molar-refractivity contribution in [3.8, 4) is 0 Å². The van der Waals surface area contributed by atoms with Gasteiger partial charge in [-0.3, -0.25) is 13.8 Å². The van der Waals surface area contributed by atoms with Crippen LogP contribution in [0.5, 0.6) is 0 Å². The molecule has 53 heavy (non-hydrogen) atoms. The van der Waals surface area contributed by atoms with Crippen LogP contribution in [0.3, 0.4) is 0 Å². The van der Waals surface area contributed by atoms with Gasteiger partial charge in [-0.05, 0) is 12.8 Å². The first kappa shape index (κ1) is 52.5. The van der Waals surface area contributed by atoms with Crippen LogP contribution < -0.4 is 5.32 Å². The number of amides is 1. The zero-order valence-corrected chi connectivity index (χ0v) is 37.0. The van der Waals surface area contributed by atoms with Gasteiger partial charge in [-0.1, -0.05) is 200 Å². The molecule has 0 spiro atoms. The molecule has 0 aromatic heterocycles. The summed E-state index contributed by atoms with van der Waals surface area (Å²) in [6.45, 7) is 6.07. The SMILES string of the molecule is CCCCCCCCCCCCCCCCCCCCOCC(CNC(=O)CCCCCCCCCCCCCCC)OP(=O)(O)OCC[N+](C)(C)C. The Kier molecular flexibility index (Phi) is 38.0. The van der Waals surface area contributed by atoms with E-state index >= 15 is 0 Å². The lowest BCUT2D eigenvalue weighted by Gasteiger charge is -2.25. The average Bonchev–Trinajstić information content (AvgIpc) is 3.10. The maximum absolute atomic E-state index is 12.7. The van der Waals surface area contributed by atoms with Crippen LogP contribution in [0, 0.1) is 0 Å². The normalized spacial score (nSPS) is 13.7. The monoisotopic (exact) mass is 776 g/mol. The maximum atomic E-state index is 12.7. The molecule has 2 atom stereocenters. The molecule has 318 valence electrons. The molecule has 0 aliphatic carbocycles. The Labute approximate surface area is 330 Å². The summed E-state index contributed by atoms with van der Waals surface area (Å²) < 4.78 is 30.0. The third-order valence-corrected chi connectivity index (χ3v) is 11.4. The summed E-state index contributed by atoms with van der Waals surface area (Å²) in [5, 5.41) is 2.91. The number of ether oxygens (including phenoxy) is 1. The number of phosphoric ester groups is 1. The second-order valence-corrected chi connectivity index (χ2v) is 18.3. The zero-order valence-electron chi connectivity index (χ0n) is 36.1. The molecule has 0 aliphatic heterocycles. The third-order valence-electron chi connectivity index (χ3n) is 10.3. The van der Waals surface area contributed by atoms with Crippen LogP contribution in [0.15, 0.2) is 0 Å². The molecule has 0 saturated heterocycles. The summed E-state index contributed by atoms with van der Waals surface area (Å²) in [5.74, 6) is -0.0520. The first-order valence-corrected chi connectivity index (χ1v) is 24.4. The van der Waals surface area contributed by atoms with Gasteiger partial charge in [-0.25, -0.2) is 4.57 Å². The highest BCUT2D eigenvalue weighted by Crippen LogP contribution is 2.44. The maximum Gasteiger partial charge on any atom is 0.472 e. The van der Waals surface area contributed by atoms with E-state index in [0.29, 0.717) is 24.1 Å². The van der Waals surface area contributed by atoms with Crippen molar-refractivity contribution in [3.05, 3.63) is 0 Å². The molecule has 0 rings (SSSR count). The highest BCUT2D eigenvalue weighted by molar-refractivity contribution is 7.47. The number of nitrogens with zero attached hydrogens (tertiary/aromatic N) is 1. The molecule has 2 N–H and O–H groups in total. The number of carbonyl (C=O) groups is 1. The Balaban J connectivity index is 4.11. The molecule has 0 aromatic rings. The summed E-state index contributed by atoms with van der Waals surface area (Å²) in [6, 6.07) is 0. The molecule has 0 aromatic carbocycles. The van der Waals surface area contributed by atoms with Crippen molar-refractivity contribution < 1.29 is 32.5 Å². The lowest BCUT2D eigenvalue weighted by molar-refractivity contribution is -0.870. The van der Waals surface area contributed by atoms with Gasteiger partial charge < -0.3 is 19.4 Å². The summed E-state index contributed by atoms with van der Waals surface area (Å²) in [5.41, 5.74) is 0. The second kappa shape index (κ2) is 38.4. The summed E-state index contributed by atoms with van der Waals surface area (Å²) in [6.07, 6.45) is 40.3. The van der Waals surface area contributed by atoms with Crippen molar-refractivity contribution in [2.75, 3.05) is 54.1 Å². The van der Waals surface area contributed by atoms with E-state index in [-0.39, 0.29) is 25.7 Å². The summed E-state index contributed by atoms with van der Waals surface area (Å²) in [4.78, 5) is 23.0. The average molecular weight is 776 g/mol. The van der Waals surface area contributed by atoms with E-state index in [2.05, 4.69) is 19.2 Å².